The van der Waals surface area contributed by atoms with E-state index < -0.39 is 0 Å². The van der Waals surface area contributed by atoms with Crippen molar-refractivity contribution in [3.8, 4) is 11.3 Å². The van der Waals surface area contributed by atoms with Crippen LogP contribution in [0.25, 0.3) is 11.3 Å². The monoisotopic (exact) mass is 203 g/mol. The van der Waals surface area contributed by atoms with Crippen molar-refractivity contribution in [2.45, 2.75) is 6.92 Å². The Labute approximate surface area is 86.8 Å². The molecular formula is C11H10FN3. The summed E-state index contributed by atoms with van der Waals surface area (Å²) < 4.78 is 13.0. The van der Waals surface area contributed by atoms with Crippen LogP contribution in [0.4, 0.5) is 10.2 Å². The molecule has 2 rings (SSSR count). The Hall–Kier alpha value is -1.97. The van der Waals surface area contributed by atoms with Gasteiger partial charge in [-0.2, -0.15) is 0 Å². The highest BCUT2D eigenvalue weighted by Crippen LogP contribution is 2.19. The van der Waals surface area contributed by atoms with E-state index in [4.69, 9.17) is 5.73 Å². The highest BCUT2D eigenvalue weighted by molar-refractivity contribution is 5.60. The van der Waals surface area contributed by atoms with Gasteiger partial charge in [0.2, 0.25) is 0 Å². The molecule has 0 aliphatic rings. The summed E-state index contributed by atoms with van der Waals surface area (Å²) in [5.41, 5.74) is 7.56. The number of rotatable bonds is 1. The smallest absolute Gasteiger partial charge is 0.142 e. The lowest BCUT2D eigenvalue weighted by molar-refractivity contribution is 0.619. The molecule has 2 N–H and O–H groups in total. The zero-order chi connectivity index (χ0) is 10.8. The van der Waals surface area contributed by atoms with Crippen LogP contribution in [0.5, 0.6) is 0 Å². The van der Waals surface area contributed by atoms with Crippen LogP contribution in [-0.4, -0.2) is 9.97 Å². The lowest BCUT2D eigenvalue weighted by Crippen LogP contribution is -1.94. The Balaban J connectivity index is 2.50. The Morgan fingerprint density at radius 2 is 2.07 bits per heavy atom. The lowest BCUT2D eigenvalue weighted by Gasteiger charge is -2.03. The summed E-state index contributed by atoms with van der Waals surface area (Å²) in [7, 11) is 0. The number of aromatic nitrogens is 2. The molecule has 1 aromatic carbocycles. The van der Waals surface area contributed by atoms with Crippen LogP contribution in [-0.2, 0) is 0 Å². The summed E-state index contributed by atoms with van der Waals surface area (Å²) in [6.07, 6.45) is 3.07. The first-order chi connectivity index (χ1) is 7.16. The van der Waals surface area contributed by atoms with E-state index in [2.05, 4.69) is 9.97 Å². The van der Waals surface area contributed by atoms with E-state index >= 15 is 0 Å². The molecule has 76 valence electrons. The molecule has 0 aliphatic carbocycles. The number of hydrogen-bond acceptors (Lipinski definition) is 3. The van der Waals surface area contributed by atoms with Crippen molar-refractivity contribution in [1.82, 2.24) is 9.97 Å². The van der Waals surface area contributed by atoms with Gasteiger partial charge in [-0.15, -0.1) is 0 Å². The van der Waals surface area contributed by atoms with Crippen molar-refractivity contribution >= 4 is 5.82 Å². The number of benzene rings is 1. The fourth-order valence-electron chi connectivity index (χ4n) is 1.32. The fraction of sp³-hybridized carbons (Fsp3) is 0.0909. The highest BCUT2D eigenvalue weighted by Gasteiger charge is 2.03. The first-order valence-corrected chi connectivity index (χ1v) is 4.51. The molecule has 0 aliphatic heterocycles. The summed E-state index contributed by atoms with van der Waals surface area (Å²) in [6.45, 7) is 1.71. The minimum atomic E-state index is -0.226. The third kappa shape index (κ3) is 1.93. The van der Waals surface area contributed by atoms with Crippen LogP contribution in [0, 0.1) is 12.7 Å². The predicted molar refractivity (Wildman–Crippen MR) is 56.6 cm³/mol. The number of hydrogen-bond donors (Lipinski definition) is 1. The molecule has 0 saturated heterocycles. The van der Waals surface area contributed by atoms with Crippen LogP contribution in [0.2, 0.25) is 0 Å². The number of nitrogen functional groups attached to an aromatic ring is 1. The fourth-order valence-corrected chi connectivity index (χ4v) is 1.32. The van der Waals surface area contributed by atoms with Crippen LogP contribution in [0.15, 0.2) is 30.6 Å². The van der Waals surface area contributed by atoms with Crippen LogP contribution >= 0.6 is 0 Å². The van der Waals surface area contributed by atoms with E-state index in [-0.39, 0.29) is 5.82 Å². The minimum absolute atomic E-state index is 0.226. The summed E-state index contributed by atoms with van der Waals surface area (Å²) in [4.78, 5) is 8.04. The average Bonchev–Trinajstić information content (AvgIpc) is 2.22. The largest absolute Gasteiger partial charge is 0.382 e. The lowest BCUT2D eigenvalue weighted by atomic mass is 10.1. The number of halogens is 1. The second-order valence-electron chi connectivity index (χ2n) is 3.29. The molecule has 0 fully saturated rings. The van der Waals surface area contributed by atoms with Crippen molar-refractivity contribution in [1.29, 1.82) is 0 Å². The van der Waals surface area contributed by atoms with Gasteiger partial charge < -0.3 is 5.73 Å². The Kier molecular flexibility index (Phi) is 2.33. The first-order valence-electron chi connectivity index (χ1n) is 4.51. The van der Waals surface area contributed by atoms with Gasteiger partial charge in [-0.25, -0.2) is 9.37 Å². The van der Waals surface area contributed by atoms with Crippen LogP contribution < -0.4 is 5.73 Å². The van der Waals surface area contributed by atoms with Crippen LogP contribution in [0.1, 0.15) is 5.56 Å². The number of nitrogens with two attached hydrogens (primary N) is 1. The van der Waals surface area contributed by atoms with Gasteiger partial charge in [0.15, 0.2) is 0 Å². The molecule has 0 saturated carbocycles. The molecule has 0 spiro atoms. The van der Waals surface area contributed by atoms with Crippen molar-refractivity contribution < 1.29 is 4.39 Å². The summed E-state index contributed by atoms with van der Waals surface area (Å²) >= 11 is 0. The Bertz CT molecular complexity index is 497. The average molecular weight is 203 g/mol. The quantitative estimate of drug-likeness (QED) is 0.772. The van der Waals surface area contributed by atoms with Gasteiger partial charge in [0.25, 0.3) is 0 Å². The number of nitrogens with zero attached hydrogens (tertiary/aromatic N) is 2. The maximum absolute atomic E-state index is 13.0. The van der Waals surface area contributed by atoms with E-state index in [0.717, 1.165) is 5.56 Å². The molecule has 0 unspecified atom stereocenters. The van der Waals surface area contributed by atoms with Crippen molar-refractivity contribution in [3.63, 3.8) is 0 Å². The second kappa shape index (κ2) is 3.65. The van der Waals surface area contributed by atoms with Gasteiger partial charge in [0, 0.05) is 5.56 Å². The minimum Gasteiger partial charge on any atom is -0.382 e. The molecule has 2 aromatic rings. The zero-order valence-electron chi connectivity index (χ0n) is 8.24. The number of aryl methyl sites for hydroxylation is 1. The van der Waals surface area contributed by atoms with Crippen LogP contribution in [0.3, 0.4) is 0 Å². The van der Waals surface area contributed by atoms with Gasteiger partial charge in [-0.1, -0.05) is 0 Å². The summed E-state index contributed by atoms with van der Waals surface area (Å²) in [5, 5.41) is 0. The molecule has 1 aromatic heterocycles. The molecule has 15 heavy (non-hydrogen) atoms. The molecule has 0 amide bonds. The predicted octanol–water partition coefficient (Wildman–Crippen LogP) is 2.17. The third-order valence-corrected chi connectivity index (χ3v) is 2.11. The van der Waals surface area contributed by atoms with Gasteiger partial charge in [0.05, 0.1) is 18.1 Å². The van der Waals surface area contributed by atoms with E-state index in [1.54, 1.807) is 25.3 Å². The highest BCUT2D eigenvalue weighted by atomic mass is 19.1. The zero-order valence-corrected chi connectivity index (χ0v) is 8.24. The van der Waals surface area contributed by atoms with E-state index in [1.807, 2.05) is 0 Å². The molecule has 0 atom stereocenters. The van der Waals surface area contributed by atoms with E-state index in [0.29, 0.717) is 17.1 Å². The van der Waals surface area contributed by atoms with Crippen molar-refractivity contribution in [2.75, 3.05) is 5.73 Å². The normalized spacial score (nSPS) is 10.3. The number of anilines is 1. The maximum atomic E-state index is 13.0. The van der Waals surface area contributed by atoms with Crippen molar-refractivity contribution in [2.24, 2.45) is 0 Å². The van der Waals surface area contributed by atoms with Gasteiger partial charge in [-0.05, 0) is 30.7 Å². The Morgan fingerprint density at radius 1 is 1.27 bits per heavy atom. The maximum Gasteiger partial charge on any atom is 0.142 e. The molecule has 1 heterocycles. The molecule has 3 nitrogen and oxygen atoms in total. The SMILES string of the molecule is Cc1cc(-c2cncc(N)n2)ccc1F. The standard InChI is InChI=1S/C11H10FN3/c1-7-4-8(2-3-9(7)12)10-5-14-6-11(13)15-10/h2-6H,1H3,(H2,13,15). The topological polar surface area (TPSA) is 51.8 Å². The van der Waals surface area contributed by atoms with E-state index in [1.165, 1.54) is 12.3 Å². The van der Waals surface area contributed by atoms with Gasteiger partial charge in [-0.3, -0.25) is 4.98 Å². The second-order valence-corrected chi connectivity index (χ2v) is 3.29. The van der Waals surface area contributed by atoms with Gasteiger partial charge in [0.1, 0.15) is 11.6 Å². The molecular weight excluding hydrogens is 193 g/mol. The first kappa shape index (κ1) is 9.58. The molecule has 4 heteroatoms. The summed E-state index contributed by atoms with van der Waals surface area (Å²) in [5.74, 6) is 0.130. The third-order valence-electron chi connectivity index (χ3n) is 2.11. The van der Waals surface area contributed by atoms with E-state index in [9.17, 15) is 4.39 Å². The molecule has 0 bridgehead atoms. The van der Waals surface area contributed by atoms with Gasteiger partial charge >= 0.3 is 0 Å². The van der Waals surface area contributed by atoms with Crippen molar-refractivity contribution in [3.05, 3.63) is 42.0 Å². The molecule has 0 radical (unpaired) electrons. The Morgan fingerprint density at radius 3 is 2.73 bits per heavy atom. The summed E-state index contributed by atoms with van der Waals surface area (Å²) in [6, 6.07) is 4.79.